The molecule has 1 aromatic heterocycles. The molecule has 1 amide bonds. The van der Waals surface area contributed by atoms with Crippen LogP contribution in [0.1, 0.15) is 35.5 Å². The van der Waals surface area contributed by atoms with Gasteiger partial charge in [-0.3, -0.25) is 9.59 Å². The van der Waals surface area contributed by atoms with E-state index in [1.54, 1.807) is 42.7 Å². The number of aliphatic hydroxyl groups excluding tert-OH is 1. The first kappa shape index (κ1) is 26.7. The van der Waals surface area contributed by atoms with Gasteiger partial charge in [0.25, 0.3) is 5.91 Å². The second kappa shape index (κ2) is 11.3. The van der Waals surface area contributed by atoms with Crippen LogP contribution in [0.3, 0.4) is 0 Å². The molecule has 11 heteroatoms. The van der Waals surface area contributed by atoms with Gasteiger partial charge in [0.15, 0.2) is 5.03 Å². The Balaban J connectivity index is 1.65. The normalized spacial score (nSPS) is 13.4. The van der Waals surface area contributed by atoms with E-state index >= 15 is 0 Å². The zero-order valence-corrected chi connectivity index (χ0v) is 21.9. The Morgan fingerprint density at radius 2 is 1.76 bits per heavy atom. The molecule has 10 nitrogen and oxygen atoms in total. The first-order chi connectivity index (χ1) is 17.8. The number of methoxy groups -OCH3 is 1. The van der Waals surface area contributed by atoms with Crippen LogP contribution >= 0.6 is 12.0 Å². The fourth-order valence-electron chi connectivity index (χ4n) is 4.11. The van der Waals surface area contributed by atoms with Gasteiger partial charge >= 0.3 is 5.97 Å². The van der Waals surface area contributed by atoms with Crippen LogP contribution in [0.25, 0.3) is 5.69 Å². The van der Waals surface area contributed by atoms with E-state index in [1.165, 1.54) is 7.11 Å². The molecule has 0 atom stereocenters. The molecular weight excluding hydrogens is 498 g/mol. The average Bonchev–Trinajstić information content (AvgIpc) is 3.30. The van der Waals surface area contributed by atoms with E-state index in [2.05, 4.69) is 5.10 Å². The van der Waals surface area contributed by atoms with E-state index in [0.717, 1.165) is 23.2 Å². The van der Waals surface area contributed by atoms with Gasteiger partial charge in [0, 0.05) is 17.8 Å². The van der Waals surface area contributed by atoms with Crippen LogP contribution in [-0.2, 0) is 30.6 Å². The molecule has 0 spiro atoms. The zero-order valence-electron chi connectivity index (χ0n) is 21.1. The van der Waals surface area contributed by atoms with Crippen LogP contribution in [0.15, 0.2) is 53.6 Å². The van der Waals surface area contributed by atoms with E-state index in [0.29, 0.717) is 40.8 Å². The summed E-state index contributed by atoms with van der Waals surface area (Å²) in [6.45, 7) is 3.68. The molecule has 2 aromatic carbocycles. The third kappa shape index (κ3) is 5.35. The van der Waals surface area contributed by atoms with Crippen LogP contribution in [-0.4, -0.2) is 60.7 Å². The minimum Gasteiger partial charge on any atom is -0.497 e. The number of esters is 1. The second-order valence-corrected chi connectivity index (χ2v) is 9.49. The lowest BCUT2D eigenvalue weighted by atomic mass is 9.84. The van der Waals surface area contributed by atoms with Crippen molar-refractivity contribution in [2.45, 2.75) is 30.7 Å². The maximum Gasteiger partial charge on any atom is 0.316 e. The van der Waals surface area contributed by atoms with Crippen molar-refractivity contribution in [3.8, 4) is 11.4 Å². The van der Waals surface area contributed by atoms with Gasteiger partial charge in [0.05, 0.1) is 44.0 Å². The topological polar surface area (TPSA) is 112 Å². The standard InChI is InChI=1S/C26H29N3O7S/c1-26(2,25(32)35-16-15-30)17-5-7-18(8-6-17)28-14-13-21-22(24(28)31)29(27-23(21)37-36-34-4)19-9-11-20(33-3)12-10-19/h5-12,30H,13-16H2,1-4H3. The molecule has 196 valence electrons. The summed E-state index contributed by atoms with van der Waals surface area (Å²) in [5, 5.41) is 14.1. The Morgan fingerprint density at radius 1 is 1.08 bits per heavy atom. The number of fused-ring (bicyclic) bond motifs is 1. The van der Waals surface area contributed by atoms with Crippen LogP contribution in [0.5, 0.6) is 5.75 Å². The van der Waals surface area contributed by atoms with Crippen molar-refractivity contribution in [1.29, 1.82) is 0 Å². The van der Waals surface area contributed by atoms with Crippen molar-refractivity contribution in [3.05, 3.63) is 65.4 Å². The number of aliphatic hydroxyl groups is 1. The summed E-state index contributed by atoms with van der Waals surface area (Å²) in [6.07, 6.45) is 0.563. The van der Waals surface area contributed by atoms with Crippen molar-refractivity contribution >= 4 is 29.6 Å². The number of carbonyl (C=O) groups excluding carboxylic acids is 2. The molecule has 1 aliphatic heterocycles. The monoisotopic (exact) mass is 527 g/mol. The lowest BCUT2D eigenvalue weighted by Crippen LogP contribution is -2.39. The summed E-state index contributed by atoms with van der Waals surface area (Å²) in [7, 11) is 3.00. The second-order valence-electron chi connectivity index (χ2n) is 8.80. The molecule has 3 aromatic rings. The zero-order chi connectivity index (χ0) is 26.6. The van der Waals surface area contributed by atoms with Gasteiger partial charge in [-0.2, -0.15) is 9.43 Å². The Morgan fingerprint density at radius 3 is 2.38 bits per heavy atom. The average molecular weight is 528 g/mol. The predicted octanol–water partition coefficient (Wildman–Crippen LogP) is 3.48. The molecule has 0 bridgehead atoms. The van der Waals surface area contributed by atoms with Gasteiger partial charge in [-0.05, 0) is 62.2 Å². The van der Waals surface area contributed by atoms with E-state index in [-0.39, 0.29) is 19.1 Å². The number of hydrogen-bond acceptors (Lipinski definition) is 9. The third-order valence-corrected chi connectivity index (χ3v) is 6.90. The lowest BCUT2D eigenvalue weighted by Gasteiger charge is -2.29. The summed E-state index contributed by atoms with van der Waals surface area (Å²) in [5.74, 6) is 0.0567. The molecule has 4 rings (SSSR count). The highest BCUT2D eigenvalue weighted by atomic mass is 32.2. The molecule has 0 saturated heterocycles. The first-order valence-electron chi connectivity index (χ1n) is 11.7. The number of amides is 1. The number of benzene rings is 2. The van der Waals surface area contributed by atoms with Gasteiger partial charge in [-0.15, -0.1) is 0 Å². The van der Waals surface area contributed by atoms with Gasteiger partial charge in [-0.1, -0.05) is 12.1 Å². The van der Waals surface area contributed by atoms with E-state index in [1.807, 2.05) is 36.4 Å². The van der Waals surface area contributed by atoms with E-state index < -0.39 is 11.4 Å². The maximum absolute atomic E-state index is 13.8. The number of ether oxygens (including phenoxy) is 2. The molecule has 0 radical (unpaired) electrons. The molecule has 1 aliphatic rings. The number of rotatable bonds is 10. The number of hydrogen-bond donors (Lipinski definition) is 1. The molecule has 37 heavy (non-hydrogen) atoms. The van der Waals surface area contributed by atoms with E-state index in [4.69, 9.17) is 23.8 Å². The number of nitrogens with zero attached hydrogens (tertiary/aromatic N) is 3. The number of anilines is 1. The smallest absolute Gasteiger partial charge is 0.316 e. The van der Waals surface area contributed by atoms with E-state index in [9.17, 15) is 9.59 Å². The fourth-order valence-corrected chi connectivity index (χ4v) is 4.66. The summed E-state index contributed by atoms with van der Waals surface area (Å²) >= 11 is 0.961. The minimum absolute atomic E-state index is 0.0530. The molecule has 0 fully saturated rings. The third-order valence-electron chi connectivity index (χ3n) is 6.21. The van der Waals surface area contributed by atoms with Crippen molar-refractivity contribution < 1.29 is 33.4 Å². The van der Waals surface area contributed by atoms with Crippen molar-refractivity contribution in [2.24, 2.45) is 0 Å². The van der Waals surface area contributed by atoms with Gasteiger partial charge in [0.1, 0.15) is 18.1 Å². The van der Waals surface area contributed by atoms with Crippen molar-refractivity contribution in [1.82, 2.24) is 9.78 Å². The minimum atomic E-state index is -0.909. The number of carbonyl (C=O) groups is 2. The maximum atomic E-state index is 13.8. The quantitative estimate of drug-likeness (QED) is 0.183. The summed E-state index contributed by atoms with van der Waals surface area (Å²) in [4.78, 5) is 32.7. The highest BCUT2D eigenvalue weighted by Gasteiger charge is 2.35. The Kier molecular flexibility index (Phi) is 8.18. The largest absolute Gasteiger partial charge is 0.497 e. The molecule has 0 aliphatic carbocycles. The van der Waals surface area contributed by atoms with Gasteiger partial charge in [-0.25, -0.2) is 9.57 Å². The van der Waals surface area contributed by atoms with Crippen LogP contribution < -0.4 is 9.64 Å². The molecule has 0 unspecified atom stereocenters. The highest BCUT2D eigenvalue weighted by molar-refractivity contribution is 7.94. The molecule has 1 N–H and O–H groups in total. The Hall–Kier alpha value is -3.38. The molecular formula is C26H29N3O7S. The summed E-state index contributed by atoms with van der Waals surface area (Å²) in [5.41, 5.74) is 2.45. The van der Waals surface area contributed by atoms with Crippen molar-refractivity contribution in [3.63, 3.8) is 0 Å². The highest BCUT2D eigenvalue weighted by Crippen LogP contribution is 2.34. The number of aromatic nitrogens is 2. The van der Waals surface area contributed by atoms with Crippen molar-refractivity contribution in [2.75, 3.05) is 38.9 Å². The molecule has 2 heterocycles. The van der Waals surface area contributed by atoms with Gasteiger partial charge in [0.2, 0.25) is 0 Å². The Labute approximate surface area is 219 Å². The SMILES string of the molecule is COOSc1nn(-c2ccc(OC)cc2)c2c1CCN(c1ccc(C(C)(C)C(=O)OCCO)cc1)C2=O. The van der Waals surface area contributed by atoms with Gasteiger partial charge < -0.3 is 19.5 Å². The fraction of sp³-hybridized carbons (Fsp3) is 0.346. The first-order valence-corrected chi connectivity index (χ1v) is 12.4. The van der Waals surface area contributed by atoms with Crippen LogP contribution in [0, 0.1) is 0 Å². The predicted molar refractivity (Wildman–Crippen MR) is 137 cm³/mol. The Bertz CT molecular complexity index is 1260. The summed E-state index contributed by atoms with van der Waals surface area (Å²) < 4.78 is 17.0. The van der Waals surface area contributed by atoms with Crippen LogP contribution in [0.4, 0.5) is 5.69 Å². The van der Waals surface area contributed by atoms with Crippen LogP contribution in [0.2, 0.25) is 0 Å². The lowest BCUT2D eigenvalue weighted by molar-refractivity contribution is -0.160. The molecule has 0 saturated carbocycles. The summed E-state index contributed by atoms with van der Waals surface area (Å²) in [6, 6.07) is 14.5.